The largest absolute Gasteiger partial charge is 0.338 e. The van der Waals surface area contributed by atoms with Gasteiger partial charge in [0.05, 0.1) is 0 Å². The van der Waals surface area contributed by atoms with E-state index in [1.165, 1.54) is 6.07 Å². The first-order valence-electron chi connectivity index (χ1n) is 9.13. The predicted octanol–water partition coefficient (Wildman–Crippen LogP) is 2.55. The molecule has 2 saturated heterocycles. The van der Waals surface area contributed by atoms with E-state index in [0.29, 0.717) is 31.5 Å². The molecule has 0 aliphatic carbocycles. The molecule has 136 valence electrons. The molecule has 5 nitrogen and oxygen atoms in total. The van der Waals surface area contributed by atoms with E-state index in [4.69, 9.17) is 0 Å². The molecule has 2 fully saturated rings. The van der Waals surface area contributed by atoms with Crippen molar-refractivity contribution in [1.29, 1.82) is 0 Å². The van der Waals surface area contributed by atoms with Crippen LogP contribution in [0.3, 0.4) is 0 Å². The summed E-state index contributed by atoms with van der Waals surface area (Å²) in [5, 5.41) is 2.96. The van der Waals surface area contributed by atoms with Crippen LogP contribution in [0.25, 0.3) is 0 Å². The number of carbonyl (C=O) groups is 2. The Bertz CT molecular complexity index is 637. The summed E-state index contributed by atoms with van der Waals surface area (Å²) in [6, 6.07) is 6.50. The third-order valence-electron chi connectivity index (χ3n) is 5.09. The first kappa shape index (κ1) is 17.7. The zero-order chi connectivity index (χ0) is 17.8. The summed E-state index contributed by atoms with van der Waals surface area (Å²) in [7, 11) is 0. The summed E-state index contributed by atoms with van der Waals surface area (Å²) in [5.41, 5.74) is 0.606. The summed E-state index contributed by atoms with van der Waals surface area (Å²) >= 11 is 0. The third-order valence-corrected chi connectivity index (χ3v) is 5.09. The van der Waals surface area contributed by atoms with Crippen LogP contribution >= 0.6 is 0 Å². The highest BCUT2D eigenvalue weighted by atomic mass is 19.1. The van der Waals surface area contributed by atoms with E-state index < -0.39 is 0 Å². The zero-order valence-electron chi connectivity index (χ0n) is 14.7. The minimum Gasteiger partial charge on any atom is -0.338 e. The number of carbonyl (C=O) groups excluding carboxylic acids is 2. The van der Waals surface area contributed by atoms with Gasteiger partial charge in [-0.05, 0) is 44.2 Å². The van der Waals surface area contributed by atoms with Crippen LogP contribution in [0.5, 0.6) is 0 Å². The van der Waals surface area contributed by atoms with Crippen molar-refractivity contribution in [3.8, 4) is 0 Å². The van der Waals surface area contributed by atoms with Crippen molar-refractivity contribution in [3.05, 3.63) is 35.6 Å². The van der Waals surface area contributed by atoms with Gasteiger partial charge in [0.25, 0.3) is 0 Å². The number of hydrogen-bond donors (Lipinski definition) is 1. The van der Waals surface area contributed by atoms with Crippen LogP contribution in [0.1, 0.15) is 38.2 Å². The Morgan fingerprint density at radius 1 is 1.32 bits per heavy atom. The van der Waals surface area contributed by atoms with E-state index in [9.17, 15) is 14.0 Å². The number of piperidine rings is 1. The molecule has 25 heavy (non-hydrogen) atoms. The molecule has 2 heterocycles. The molecule has 3 amide bonds. The van der Waals surface area contributed by atoms with Gasteiger partial charge in [-0.2, -0.15) is 0 Å². The molecule has 1 aromatic carbocycles. The number of benzene rings is 1. The van der Waals surface area contributed by atoms with Crippen molar-refractivity contribution in [2.75, 3.05) is 19.6 Å². The summed E-state index contributed by atoms with van der Waals surface area (Å²) < 4.78 is 13.7. The summed E-state index contributed by atoms with van der Waals surface area (Å²) in [5.74, 6) is -0.0330. The number of halogens is 1. The van der Waals surface area contributed by atoms with Crippen molar-refractivity contribution in [1.82, 2.24) is 15.1 Å². The van der Waals surface area contributed by atoms with E-state index in [-0.39, 0.29) is 29.8 Å². The third kappa shape index (κ3) is 4.30. The Kier molecular flexibility index (Phi) is 5.56. The molecule has 0 aromatic heterocycles. The lowest BCUT2D eigenvalue weighted by molar-refractivity contribution is -0.130. The van der Waals surface area contributed by atoms with E-state index in [2.05, 4.69) is 5.32 Å². The molecule has 3 rings (SSSR count). The van der Waals surface area contributed by atoms with Gasteiger partial charge in [0.1, 0.15) is 5.82 Å². The molecule has 0 unspecified atom stereocenters. The minimum atomic E-state index is -0.241. The fourth-order valence-electron chi connectivity index (χ4n) is 3.80. The predicted molar refractivity (Wildman–Crippen MR) is 93.6 cm³/mol. The quantitative estimate of drug-likeness (QED) is 0.910. The van der Waals surface area contributed by atoms with Crippen LogP contribution in [-0.4, -0.2) is 53.5 Å². The van der Waals surface area contributed by atoms with Crippen LogP contribution in [0, 0.1) is 5.82 Å². The van der Waals surface area contributed by atoms with Gasteiger partial charge in [-0.25, -0.2) is 9.18 Å². The maximum atomic E-state index is 13.7. The van der Waals surface area contributed by atoms with Crippen molar-refractivity contribution in [2.24, 2.45) is 0 Å². The number of likely N-dealkylation sites (tertiary alicyclic amines) is 2. The molecule has 2 atom stereocenters. The number of rotatable bonds is 4. The highest BCUT2D eigenvalue weighted by Crippen LogP contribution is 2.21. The van der Waals surface area contributed by atoms with Gasteiger partial charge in [-0.3, -0.25) is 4.79 Å². The van der Waals surface area contributed by atoms with Crippen LogP contribution in [0.15, 0.2) is 24.3 Å². The lowest BCUT2D eigenvalue weighted by Crippen LogP contribution is -2.54. The van der Waals surface area contributed by atoms with Gasteiger partial charge < -0.3 is 15.1 Å². The zero-order valence-corrected chi connectivity index (χ0v) is 14.7. The molecule has 0 saturated carbocycles. The van der Waals surface area contributed by atoms with Gasteiger partial charge >= 0.3 is 6.03 Å². The van der Waals surface area contributed by atoms with Crippen molar-refractivity contribution in [2.45, 2.75) is 51.1 Å². The van der Waals surface area contributed by atoms with E-state index in [1.807, 2.05) is 11.8 Å². The lowest BCUT2D eigenvalue weighted by atomic mass is 10.0. The number of amides is 3. The van der Waals surface area contributed by atoms with Crippen LogP contribution in [0.2, 0.25) is 0 Å². The molecule has 0 bridgehead atoms. The van der Waals surface area contributed by atoms with Crippen LogP contribution in [0.4, 0.5) is 9.18 Å². The van der Waals surface area contributed by atoms with E-state index >= 15 is 0 Å². The fraction of sp³-hybridized carbons (Fsp3) is 0.579. The first-order chi connectivity index (χ1) is 12.0. The molecule has 0 radical (unpaired) electrons. The second kappa shape index (κ2) is 7.85. The Morgan fingerprint density at radius 2 is 2.12 bits per heavy atom. The standard InChI is InChI=1S/C19H26FN3O2/c1-14(12-15-6-2-3-8-17(15)20)21-19(25)22-10-4-7-16(13-22)23-11-5-9-18(23)24/h2-3,6,8,14,16H,4-5,7,9-13H2,1H3,(H,21,25)/t14-,16+/m1/s1. The monoisotopic (exact) mass is 347 g/mol. The average Bonchev–Trinajstić information content (AvgIpc) is 3.03. The topological polar surface area (TPSA) is 52.7 Å². The van der Waals surface area contributed by atoms with Crippen molar-refractivity contribution < 1.29 is 14.0 Å². The molecule has 2 aliphatic heterocycles. The highest BCUT2D eigenvalue weighted by Gasteiger charge is 2.33. The van der Waals surface area contributed by atoms with Gasteiger partial charge in [0.2, 0.25) is 5.91 Å². The summed E-state index contributed by atoms with van der Waals surface area (Å²) in [6.07, 6.45) is 3.87. The molecular formula is C19H26FN3O2. The molecule has 2 aliphatic rings. The molecule has 1 N–H and O–H groups in total. The number of nitrogens with zero attached hydrogens (tertiary/aromatic N) is 2. The SMILES string of the molecule is C[C@H](Cc1ccccc1F)NC(=O)N1CCC[C@H](N2CCCC2=O)C1. The Morgan fingerprint density at radius 3 is 2.84 bits per heavy atom. The molecule has 0 spiro atoms. The lowest BCUT2D eigenvalue weighted by Gasteiger charge is -2.38. The van der Waals surface area contributed by atoms with E-state index in [1.54, 1.807) is 23.1 Å². The minimum absolute atomic E-state index is 0.125. The molecular weight excluding hydrogens is 321 g/mol. The molecule has 6 heteroatoms. The first-order valence-corrected chi connectivity index (χ1v) is 9.13. The van der Waals surface area contributed by atoms with Gasteiger partial charge in [-0.15, -0.1) is 0 Å². The van der Waals surface area contributed by atoms with Crippen molar-refractivity contribution in [3.63, 3.8) is 0 Å². The highest BCUT2D eigenvalue weighted by molar-refractivity contribution is 5.79. The summed E-state index contributed by atoms with van der Waals surface area (Å²) in [4.78, 5) is 28.2. The Hall–Kier alpha value is -2.11. The smallest absolute Gasteiger partial charge is 0.317 e. The fourth-order valence-corrected chi connectivity index (χ4v) is 3.80. The second-order valence-electron chi connectivity index (χ2n) is 7.08. The molecule has 1 aromatic rings. The van der Waals surface area contributed by atoms with Gasteiger partial charge in [0, 0.05) is 38.1 Å². The maximum absolute atomic E-state index is 13.7. The number of hydrogen-bond acceptors (Lipinski definition) is 2. The Labute approximate surface area is 148 Å². The average molecular weight is 347 g/mol. The maximum Gasteiger partial charge on any atom is 0.317 e. The number of urea groups is 1. The Balaban J connectivity index is 1.53. The second-order valence-corrected chi connectivity index (χ2v) is 7.08. The van der Waals surface area contributed by atoms with E-state index in [0.717, 1.165) is 25.8 Å². The summed E-state index contributed by atoms with van der Waals surface area (Å²) in [6.45, 7) is 3.99. The van der Waals surface area contributed by atoms with Crippen molar-refractivity contribution >= 4 is 11.9 Å². The van der Waals surface area contributed by atoms with Gasteiger partial charge in [-0.1, -0.05) is 18.2 Å². The van der Waals surface area contributed by atoms with Crippen LogP contribution in [-0.2, 0) is 11.2 Å². The van der Waals surface area contributed by atoms with Gasteiger partial charge in [0.15, 0.2) is 0 Å². The van der Waals surface area contributed by atoms with Crippen LogP contribution < -0.4 is 5.32 Å². The number of nitrogens with one attached hydrogen (secondary N) is 1. The normalized spacial score (nSPS) is 22.2.